The molecule has 0 saturated carbocycles. The summed E-state index contributed by atoms with van der Waals surface area (Å²) in [6.07, 6.45) is 2.68. The fourth-order valence-electron chi connectivity index (χ4n) is 3.42. The minimum atomic E-state index is 0.109. The maximum absolute atomic E-state index is 12.9. The zero-order valence-electron chi connectivity index (χ0n) is 16.4. The summed E-state index contributed by atoms with van der Waals surface area (Å²) in [6, 6.07) is 16.3. The molecule has 0 aliphatic heterocycles. The molecule has 0 aliphatic carbocycles. The third-order valence-corrected chi connectivity index (χ3v) is 6.75. The molecule has 0 saturated heterocycles. The Labute approximate surface area is 178 Å². The molecule has 0 spiro atoms. The molecule has 5 nitrogen and oxygen atoms in total. The van der Waals surface area contributed by atoms with Crippen molar-refractivity contribution < 1.29 is 4.79 Å². The van der Waals surface area contributed by atoms with Gasteiger partial charge in [0.2, 0.25) is 0 Å². The summed E-state index contributed by atoms with van der Waals surface area (Å²) < 4.78 is 4.15. The van der Waals surface area contributed by atoms with Crippen LogP contribution in [0.5, 0.6) is 0 Å². The van der Waals surface area contributed by atoms with E-state index in [0.717, 1.165) is 40.8 Å². The van der Waals surface area contributed by atoms with Crippen LogP contribution >= 0.6 is 23.1 Å². The summed E-state index contributed by atoms with van der Waals surface area (Å²) >= 11 is 3.20. The second-order valence-corrected chi connectivity index (χ2v) is 8.78. The van der Waals surface area contributed by atoms with Crippen molar-refractivity contribution in [2.24, 2.45) is 0 Å². The molecule has 0 unspecified atom stereocenters. The fraction of sp³-hybridized carbons (Fsp3) is 0.227. The third kappa shape index (κ3) is 4.36. The second kappa shape index (κ2) is 8.80. The third-order valence-electron chi connectivity index (χ3n) is 4.84. The van der Waals surface area contributed by atoms with Crippen LogP contribution in [-0.2, 0) is 13.0 Å². The van der Waals surface area contributed by atoms with Gasteiger partial charge in [0.1, 0.15) is 6.33 Å². The molecule has 0 atom stereocenters. The lowest BCUT2D eigenvalue weighted by Crippen LogP contribution is -2.07. The lowest BCUT2D eigenvalue weighted by atomic mass is 10.2. The number of aromatic nitrogens is 4. The molecule has 1 aromatic carbocycles. The predicted molar refractivity (Wildman–Crippen MR) is 118 cm³/mol. The molecule has 7 heteroatoms. The number of carbonyl (C=O) groups excluding carboxylic acids is 1. The quantitative estimate of drug-likeness (QED) is 0.297. The molecule has 0 aliphatic rings. The lowest BCUT2D eigenvalue weighted by Gasteiger charge is -2.09. The number of thioether (sulfide) groups is 1. The molecule has 3 heterocycles. The van der Waals surface area contributed by atoms with Gasteiger partial charge in [-0.2, -0.15) is 0 Å². The number of ketones is 1. The average molecular weight is 423 g/mol. The first-order valence-electron chi connectivity index (χ1n) is 9.44. The van der Waals surface area contributed by atoms with Gasteiger partial charge in [-0.05, 0) is 49.9 Å². The molecule has 4 rings (SSSR count). The molecule has 4 aromatic rings. The molecular weight excluding hydrogens is 400 g/mol. The molecule has 29 heavy (non-hydrogen) atoms. The van der Waals surface area contributed by atoms with Crippen LogP contribution in [0.1, 0.15) is 26.6 Å². The topological polar surface area (TPSA) is 52.7 Å². The highest BCUT2D eigenvalue weighted by Crippen LogP contribution is 2.24. The Balaban J connectivity index is 1.44. The van der Waals surface area contributed by atoms with Crippen LogP contribution in [0, 0.1) is 13.8 Å². The summed E-state index contributed by atoms with van der Waals surface area (Å²) in [5.41, 5.74) is 3.87. The van der Waals surface area contributed by atoms with E-state index in [9.17, 15) is 4.79 Å². The molecule has 148 valence electrons. The Morgan fingerprint density at radius 1 is 1.14 bits per heavy atom. The number of aryl methyl sites for hydroxylation is 3. The van der Waals surface area contributed by atoms with Crippen molar-refractivity contribution in [1.29, 1.82) is 0 Å². The van der Waals surface area contributed by atoms with E-state index in [0.29, 0.717) is 5.75 Å². The Hall–Kier alpha value is -2.64. The van der Waals surface area contributed by atoms with Crippen molar-refractivity contribution in [1.82, 2.24) is 19.3 Å². The van der Waals surface area contributed by atoms with Crippen LogP contribution in [0.25, 0.3) is 5.69 Å². The number of hydrogen-bond acceptors (Lipinski definition) is 5. The monoisotopic (exact) mass is 422 g/mol. The SMILES string of the molecule is Cc1cc(C(=O)CSc2nncn2CCc2cccs2)c(C)n1-c1ccccc1. The van der Waals surface area contributed by atoms with Crippen LogP contribution in [0.3, 0.4) is 0 Å². The highest BCUT2D eigenvalue weighted by atomic mass is 32.2. The Morgan fingerprint density at radius 2 is 1.97 bits per heavy atom. The van der Waals surface area contributed by atoms with Crippen LogP contribution in [0.15, 0.2) is 65.4 Å². The molecular formula is C22H22N4OS2. The van der Waals surface area contributed by atoms with Gasteiger partial charge < -0.3 is 9.13 Å². The molecule has 3 aromatic heterocycles. The van der Waals surface area contributed by atoms with Gasteiger partial charge in [0.15, 0.2) is 10.9 Å². The number of rotatable bonds is 8. The van der Waals surface area contributed by atoms with E-state index in [1.807, 2.05) is 42.7 Å². The number of benzene rings is 1. The number of nitrogens with zero attached hydrogens (tertiary/aromatic N) is 4. The van der Waals surface area contributed by atoms with Gasteiger partial charge in [-0.3, -0.25) is 4.79 Å². The summed E-state index contributed by atoms with van der Waals surface area (Å²) in [5.74, 6) is 0.453. The Morgan fingerprint density at radius 3 is 2.72 bits per heavy atom. The fourth-order valence-corrected chi connectivity index (χ4v) is 4.95. The number of hydrogen-bond donors (Lipinski definition) is 0. The number of carbonyl (C=O) groups is 1. The first-order chi connectivity index (χ1) is 14.1. The van der Waals surface area contributed by atoms with E-state index in [1.165, 1.54) is 16.6 Å². The van der Waals surface area contributed by atoms with Crippen molar-refractivity contribution >= 4 is 28.9 Å². The smallest absolute Gasteiger partial charge is 0.191 e. The van der Waals surface area contributed by atoms with Gasteiger partial charge in [-0.25, -0.2) is 0 Å². The minimum absolute atomic E-state index is 0.109. The van der Waals surface area contributed by atoms with Gasteiger partial charge in [0, 0.05) is 34.1 Å². The molecule has 0 radical (unpaired) electrons. The molecule has 0 N–H and O–H groups in total. The number of thiophene rings is 1. The summed E-state index contributed by atoms with van der Waals surface area (Å²) in [5, 5.41) is 11.1. The maximum Gasteiger partial charge on any atom is 0.191 e. The second-order valence-electron chi connectivity index (χ2n) is 6.80. The largest absolute Gasteiger partial charge is 0.318 e. The van der Waals surface area contributed by atoms with Crippen LogP contribution in [0.2, 0.25) is 0 Å². The van der Waals surface area contributed by atoms with Crippen molar-refractivity contribution in [2.75, 3.05) is 5.75 Å². The van der Waals surface area contributed by atoms with E-state index in [1.54, 1.807) is 17.7 Å². The van der Waals surface area contributed by atoms with E-state index in [-0.39, 0.29) is 5.78 Å². The normalized spacial score (nSPS) is 11.1. The van der Waals surface area contributed by atoms with Gasteiger partial charge in [-0.15, -0.1) is 21.5 Å². The standard InChI is InChI=1S/C22H22N4OS2/c1-16-13-20(17(2)26(16)18-7-4-3-5-8-18)21(27)14-29-22-24-23-15-25(22)11-10-19-9-6-12-28-19/h3-9,12-13,15H,10-11,14H2,1-2H3. The highest BCUT2D eigenvalue weighted by molar-refractivity contribution is 7.99. The van der Waals surface area contributed by atoms with E-state index < -0.39 is 0 Å². The van der Waals surface area contributed by atoms with E-state index in [2.05, 4.69) is 44.4 Å². The minimum Gasteiger partial charge on any atom is -0.318 e. The van der Waals surface area contributed by atoms with Crippen molar-refractivity contribution in [3.8, 4) is 5.69 Å². The summed E-state index contributed by atoms with van der Waals surface area (Å²) in [4.78, 5) is 14.3. The van der Waals surface area contributed by atoms with Crippen LogP contribution in [-0.4, -0.2) is 30.9 Å². The van der Waals surface area contributed by atoms with Crippen molar-refractivity contribution in [3.05, 3.63) is 82.1 Å². The van der Waals surface area contributed by atoms with Gasteiger partial charge >= 0.3 is 0 Å². The molecule has 0 fully saturated rings. The summed E-state index contributed by atoms with van der Waals surface area (Å²) in [6.45, 7) is 4.85. The highest BCUT2D eigenvalue weighted by Gasteiger charge is 2.18. The maximum atomic E-state index is 12.9. The van der Waals surface area contributed by atoms with Crippen molar-refractivity contribution in [2.45, 2.75) is 32.0 Å². The first-order valence-corrected chi connectivity index (χ1v) is 11.3. The number of Topliss-reactive ketones (excluding diaryl/α,β-unsaturated/α-hetero) is 1. The predicted octanol–water partition coefficient (Wildman–Crippen LogP) is 4.96. The Bertz CT molecular complexity index is 1100. The lowest BCUT2D eigenvalue weighted by molar-refractivity contribution is 0.102. The first kappa shape index (κ1) is 19.7. The summed E-state index contributed by atoms with van der Waals surface area (Å²) in [7, 11) is 0. The Kier molecular flexibility index (Phi) is 5.97. The molecule has 0 bridgehead atoms. The van der Waals surface area contributed by atoms with E-state index >= 15 is 0 Å². The van der Waals surface area contributed by atoms with Crippen LogP contribution < -0.4 is 0 Å². The van der Waals surface area contributed by atoms with E-state index in [4.69, 9.17) is 0 Å². The number of para-hydroxylation sites is 1. The average Bonchev–Trinajstić information content (AvgIpc) is 3.46. The van der Waals surface area contributed by atoms with Gasteiger partial charge in [-0.1, -0.05) is 36.0 Å². The zero-order valence-corrected chi connectivity index (χ0v) is 18.0. The van der Waals surface area contributed by atoms with Crippen LogP contribution in [0.4, 0.5) is 0 Å². The van der Waals surface area contributed by atoms with Gasteiger partial charge in [0.25, 0.3) is 0 Å². The molecule has 0 amide bonds. The van der Waals surface area contributed by atoms with Crippen molar-refractivity contribution in [3.63, 3.8) is 0 Å². The zero-order chi connectivity index (χ0) is 20.2. The van der Waals surface area contributed by atoms with Gasteiger partial charge in [0.05, 0.1) is 5.75 Å².